The van der Waals surface area contributed by atoms with E-state index in [0.29, 0.717) is 6.04 Å². The molecule has 104 valence electrons. The van der Waals surface area contributed by atoms with Crippen LogP contribution in [-0.4, -0.2) is 47.3 Å². The van der Waals surface area contributed by atoms with Crippen LogP contribution in [0.15, 0.2) is 0 Å². The van der Waals surface area contributed by atoms with Crippen LogP contribution >= 0.6 is 0 Å². The fourth-order valence-corrected chi connectivity index (χ4v) is 4.13. The predicted octanol–water partition coefficient (Wildman–Crippen LogP) is 1.90. The van der Waals surface area contributed by atoms with E-state index in [1.165, 1.54) is 58.0 Å². The molecule has 3 aliphatic rings. The second-order valence-electron chi connectivity index (χ2n) is 6.72. The summed E-state index contributed by atoms with van der Waals surface area (Å²) in [5.74, 6) is 0. The van der Waals surface area contributed by atoms with Gasteiger partial charge < -0.3 is 15.3 Å². The molecule has 0 spiro atoms. The minimum Gasteiger partial charge on any atom is -0.389 e. The van der Waals surface area contributed by atoms with Gasteiger partial charge in [-0.05, 0) is 51.6 Å². The molecular formula is C15H28N2O. The number of nitrogens with zero attached hydrogens (tertiary/aromatic N) is 1. The smallest absolute Gasteiger partial charge is 0.0771 e. The molecule has 0 aromatic carbocycles. The van der Waals surface area contributed by atoms with E-state index in [4.69, 9.17) is 0 Å². The molecule has 0 amide bonds. The van der Waals surface area contributed by atoms with Crippen molar-refractivity contribution in [2.24, 2.45) is 0 Å². The van der Waals surface area contributed by atoms with Crippen LogP contribution in [0.3, 0.4) is 0 Å². The van der Waals surface area contributed by atoms with Crippen molar-refractivity contribution >= 4 is 0 Å². The fraction of sp³-hybridized carbons (Fsp3) is 1.00. The van der Waals surface area contributed by atoms with Crippen molar-refractivity contribution in [3.8, 4) is 0 Å². The third kappa shape index (κ3) is 2.89. The van der Waals surface area contributed by atoms with Crippen LogP contribution in [0, 0.1) is 0 Å². The maximum absolute atomic E-state index is 10.5. The second kappa shape index (κ2) is 5.48. The first kappa shape index (κ1) is 12.9. The number of fused-ring (bicyclic) bond motifs is 1. The lowest BCUT2D eigenvalue weighted by atomic mass is 9.84. The van der Waals surface area contributed by atoms with Crippen molar-refractivity contribution in [2.75, 3.05) is 19.6 Å². The standard InChI is InChI=1S/C15H28N2O/c18-15(7-2-1-3-8-15)12-16-13-6-10-17-9-4-5-14(17)11-13/h13-14,16,18H,1-12H2. The van der Waals surface area contributed by atoms with Crippen LogP contribution in [-0.2, 0) is 0 Å². The monoisotopic (exact) mass is 252 g/mol. The summed E-state index contributed by atoms with van der Waals surface area (Å²) in [6.07, 6.45) is 11.1. The highest BCUT2D eigenvalue weighted by Gasteiger charge is 2.34. The van der Waals surface area contributed by atoms with Crippen LogP contribution in [0.4, 0.5) is 0 Å². The number of hydrogen-bond donors (Lipinski definition) is 2. The third-order valence-electron chi connectivity index (χ3n) is 5.32. The summed E-state index contributed by atoms with van der Waals surface area (Å²) in [4.78, 5) is 2.66. The highest BCUT2D eigenvalue weighted by Crippen LogP contribution is 2.29. The van der Waals surface area contributed by atoms with E-state index < -0.39 is 5.60 Å². The van der Waals surface area contributed by atoms with Crippen molar-refractivity contribution in [3.05, 3.63) is 0 Å². The van der Waals surface area contributed by atoms with Crippen LogP contribution in [0.25, 0.3) is 0 Å². The summed E-state index contributed by atoms with van der Waals surface area (Å²) >= 11 is 0. The summed E-state index contributed by atoms with van der Waals surface area (Å²) in [6.45, 7) is 3.41. The number of rotatable bonds is 3. The van der Waals surface area contributed by atoms with Gasteiger partial charge >= 0.3 is 0 Å². The summed E-state index contributed by atoms with van der Waals surface area (Å²) in [5.41, 5.74) is -0.398. The topological polar surface area (TPSA) is 35.5 Å². The van der Waals surface area contributed by atoms with Gasteiger partial charge in [0.25, 0.3) is 0 Å². The fourth-order valence-electron chi connectivity index (χ4n) is 4.13. The van der Waals surface area contributed by atoms with E-state index in [9.17, 15) is 5.11 Å². The Kier molecular flexibility index (Phi) is 3.92. The van der Waals surface area contributed by atoms with Crippen molar-refractivity contribution in [3.63, 3.8) is 0 Å². The Labute approximate surface area is 111 Å². The van der Waals surface area contributed by atoms with E-state index >= 15 is 0 Å². The molecule has 2 aliphatic heterocycles. The van der Waals surface area contributed by atoms with E-state index in [1.807, 2.05) is 0 Å². The zero-order valence-electron chi connectivity index (χ0n) is 11.5. The van der Waals surface area contributed by atoms with Crippen LogP contribution in [0.5, 0.6) is 0 Å². The third-order valence-corrected chi connectivity index (χ3v) is 5.32. The van der Waals surface area contributed by atoms with E-state index in [2.05, 4.69) is 10.2 Å². The van der Waals surface area contributed by atoms with Crippen LogP contribution in [0.2, 0.25) is 0 Å². The molecule has 2 atom stereocenters. The average molecular weight is 252 g/mol. The Bertz CT molecular complexity index is 276. The lowest BCUT2D eigenvalue weighted by Crippen LogP contribution is -2.50. The molecule has 3 fully saturated rings. The van der Waals surface area contributed by atoms with Gasteiger partial charge in [0, 0.05) is 18.6 Å². The quantitative estimate of drug-likeness (QED) is 0.805. The normalized spacial score (nSPS) is 36.5. The van der Waals surface area contributed by atoms with Crippen LogP contribution in [0.1, 0.15) is 57.8 Å². The molecule has 1 aliphatic carbocycles. The SMILES string of the molecule is OC1(CNC2CCN3CCCC3C2)CCCCC1. The lowest BCUT2D eigenvalue weighted by molar-refractivity contribution is -0.0000319. The van der Waals surface area contributed by atoms with Gasteiger partial charge in [0.05, 0.1) is 5.60 Å². The first-order chi connectivity index (χ1) is 8.75. The molecule has 3 heteroatoms. The van der Waals surface area contributed by atoms with Crippen LogP contribution < -0.4 is 5.32 Å². The Morgan fingerprint density at radius 1 is 1.06 bits per heavy atom. The predicted molar refractivity (Wildman–Crippen MR) is 73.7 cm³/mol. The summed E-state index contributed by atoms with van der Waals surface area (Å²) in [5, 5.41) is 14.2. The summed E-state index contributed by atoms with van der Waals surface area (Å²) in [7, 11) is 0. The Hall–Kier alpha value is -0.120. The number of hydrogen-bond acceptors (Lipinski definition) is 3. The molecule has 3 nitrogen and oxygen atoms in total. The lowest BCUT2D eigenvalue weighted by Gasteiger charge is -2.38. The maximum atomic E-state index is 10.5. The van der Waals surface area contributed by atoms with Gasteiger partial charge in [-0.1, -0.05) is 19.3 Å². The molecule has 2 N–H and O–H groups in total. The van der Waals surface area contributed by atoms with Crippen molar-refractivity contribution < 1.29 is 5.11 Å². The zero-order valence-corrected chi connectivity index (χ0v) is 11.5. The minimum absolute atomic E-state index is 0.398. The maximum Gasteiger partial charge on any atom is 0.0771 e. The van der Waals surface area contributed by atoms with Crippen molar-refractivity contribution in [1.82, 2.24) is 10.2 Å². The number of piperidine rings is 1. The van der Waals surface area contributed by atoms with Crippen molar-refractivity contribution in [1.29, 1.82) is 0 Å². The van der Waals surface area contributed by atoms with Gasteiger partial charge in [-0.15, -0.1) is 0 Å². The zero-order chi connectivity index (χ0) is 12.4. The first-order valence-electron chi connectivity index (χ1n) is 7.95. The molecule has 18 heavy (non-hydrogen) atoms. The molecule has 2 unspecified atom stereocenters. The molecule has 0 bridgehead atoms. The summed E-state index contributed by atoms with van der Waals surface area (Å²) in [6, 6.07) is 1.48. The average Bonchev–Trinajstić information content (AvgIpc) is 2.85. The summed E-state index contributed by atoms with van der Waals surface area (Å²) < 4.78 is 0. The van der Waals surface area contributed by atoms with Gasteiger partial charge in [-0.3, -0.25) is 0 Å². The van der Waals surface area contributed by atoms with E-state index in [0.717, 1.165) is 25.4 Å². The Morgan fingerprint density at radius 2 is 1.89 bits per heavy atom. The molecular weight excluding hydrogens is 224 g/mol. The van der Waals surface area contributed by atoms with E-state index in [1.54, 1.807) is 0 Å². The van der Waals surface area contributed by atoms with Gasteiger partial charge in [-0.25, -0.2) is 0 Å². The first-order valence-corrected chi connectivity index (χ1v) is 7.95. The van der Waals surface area contributed by atoms with E-state index in [-0.39, 0.29) is 0 Å². The highest BCUT2D eigenvalue weighted by atomic mass is 16.3. The highest BCUT2D eigenvalue weighted by molar-refractivity contribution is 4.91. The molecule has 0 radical (unpaired) electrons. The Morgan fingerprint density at radius 3 is 2.72 bits per heavy atom. The van der Waals surface area contributed by atoms with Gasteiger partial charge in [0.1, 0.15) is 0 Å². The minimum atomic E-state index is -0.398. The van der Waals surface area contributed by atoms with Crippen molar-refractivity contribution in [2.45, 2.75) is 75.5 Å². The number of aliphatic hydroxyl groups is 1. The van der Waals surface area contributed by atoms with Gasteiger partial charge in [0.15, 0.2) is 0 Å². The molecule has 0 aromatic rings. The number of nitrogens with one attached hydrogen (secondary N) is 1. The largest absolute Gasteiger partial charge is 0.389 e. The van der Waals surface area contributed by atoms with Gasteiger partial charge in [0.2, 0.25) is 0 Å². The molecule has 1 saturated carbocycles. The second-order valence-corrected chi connectivity index (χ2v) is 6.72. The molecule has 2 saturated heterocycles. The van der Waals surface area contributed by atoms with Gasteiger partial charge in [-0.2, -0.15) is 0 Å². The molecule has 3 rings (SSSR count). The molecule has 0 aromatic heterocycles. The molecule has 2 heterocycles. The Balaban J connectivity index is 1.45.